The summed E-state index contributed by atoms with van der Waals surface area (Å²) in [6, 6.07) is 3.43. The molecule has 6 heteroatoms. The molecule has 0 saturated carbocycles. The van der Waals surface area contributed by atoms with Crippen LogP contribution in [0.5, 0.6) is 0 Å². The molecule has 4 bridgehead atoms. The number of hydrogen-bond donors (Lipinski definition) is 1. The van der Waals surface area contributed by atoms with Crippen LogP contribution in [-0.2, 0) is 0 Å². The van der Waals surface area contributed by atoms with Crippen LogP contribution in [0.25, 0.3) is 0 Å². The number of piperidine rings is 2. The minimum Gasteiger partial charge on any atom is -0.300 e. The van der Waals surface area contributed by atoms with Gasteiger partial charge < -0.3 is 9.80 Å². The average Bonchev–Trinajstić information content (AvgIpc) is 2.83. The number of rotatable bonds is 3. The van der Waals surface area contributed by atoms with Crippen molar-refractivity contribution in [1.82, 2.24) is 20.2 Å². The van der Waals surface area contributed by atoms with Crippen molar-refractivity contribution in [2.24, 2.45) is 16.4 Å². The number of hydrogen-bond acceptors (Lipinski definition) is 5. The van der Waals surface area contributed by atoms with Gasteiger partial charge in [0.25, 0.3) is 5.91 Å². The Morgan fingerprint density at radius 2 is 1.96 bits per heavy atom. The predicted molar refractivity (Wildman–Crippen MR) is 88.2 cm³/mol. The van der Waals surface area contributed by atoms with Crippen LogP contribution >= 0.6 is 0 Å². The van der Waals surface area contributed by atoms with Crippen molar-refractivity contribution in [3.8, 4) is 0 Å². The lowest BCUT2D eigenvalue weighted by Crippen LogP contribution is -2.61. The number of aromatic nitrogens is 1. The van der Waals surface area contributed by atoms with E-state index in [4.69, 9.17) is 0 Å². The Hall–Kier alpha value is -1.79. The SMILES string of the molecule is CCC12CN3CCN(CC(C3)/C1=N/NC(=O)c1ccncc1)C2. The number of fused-ring (bicyclic) bond motifs is 1. The van der Waals surface area contributed by atoms with Gasteiger partial charge in [0.1, 0.15) is 0 Å². The second-order valence-electron chi connectivity index (χ2n) is 6.97. The number of pyridine rings is 1. The molecule has 23 heavy (non-hydrogen) atoms. The summed E-state index contributed by atoms with van der Waals surface area (Å²) in [6.07, 6.45) is 4.33. The second-order valence-corrected chi connectivity index (χ2v) is 6.97. The van der Waals surface area contributed by atoms with E-state index in [1.165, 1.54) is 5.71 Å². The van der Waals surface area contributed by atoms with Gasteiger partial charge in [0, 0.05) is 68.6 Å². The van der Waals surface area contributed by atoms with Crippen LogP contribution in [0.4, 0.5) is 0 Å². The summed E-state index contributed by atoms with van der Waals surface area (Å²) in [6.45, 7) is 8.85. The Kier molecular flexibility index (Phi) is 3.66. The fourth-order valence-electron chi connectivity index (χ4n) is 4.40. The number of nitrogens with zero attached hydrogens (tertiary/aromatic N) is 4. The van der Waals surface area contributed by atoms with Crippen molar-refractivity contribution < 1.29 is 4.79 Å². The molecular weight excluding hydrogens is 290 g/mol. The quantitative estimate of drug-likeness (QED) is 0.840. The van der Waals surface area contributed by atoms with Crippen molar-refractivity contribution in [2.75, 3.05) is 39.3 Å². The molecule has 6 nitrogen and oxygen atoms in total. The summed E-state index contributed by atoms with van der Waals surface area (Å²) in [7, 11) is 0. The van der Waals surface area contributed by atoms with E-state index < -0.39 is 0 Å². The zero-order valence-corrected chi connectivity index (χ0v) is 13.5. The first-order valence-electron chi connectivity index (χ1n) is 8.43. The average molecular weight is 313 g/mol. The first-order chi connectivity index (χ1) is 11.2. The van der Waals surface area contributed by atoms with Crippen molar-refractivity contribution in [3.63, 3.8) is 0 Å². The van der Waals surface area contributed by atoms with Crippen LogP contribution in [-0.4, -0.2) is 65.7 Å². The van der Waals surface area contributed by atoms with Crippen LogP contribution < -0.4 is 5.43 Å². The summed E-state index contributed by atoms with van der Waals surface area (Å²) < 4.78 is 0. The molecule has 1 amide bonds. The lowest BCUT2D eigenvalue weighted by atomic mass is 9.69. The van der Waals surface area contributed by atoms with Crippen LogP contribution in [0.1, 0.15) is 23.7 Å². The highest BCUT2D eigenvalue weighted by Gasteiger charge is 2.51. The Balaban J connectivity index is 1.59. The molecule has 0 radical (unpaired) electrons. The minimum absolute atomic E-state index is 0.100. The van der Waals surface area contributed by atoms with E-state index in [9.17, 15) is 4.79 Å². The highest BCUT2D eigenvalue weighted by Crippen LogP contribution is 2.40. The van der Waals surface area contributed by atoms with Crippen molar-refractivity contribution in [3.05, 3.63) is 30.1 Å². The minimum atomic E-state index is -0.154. The molecule has 4 aliphatic rings. The summed E-state index contributed by atoms with van der Waals surface area (Å²) in [5.74, 6) is 0.288. The molecule has 0 aromatic carbocycles. The number of amides is 1. The molecule has 1 aromatic rings. The van der Waals surface area contributed by atoms with Crippen LogP contribution in [0.2, 0.25) is 0 Å². The van der Waals surface area contributed by atoms with Gasteiger partial charge in [0.2, 0.25) is 0 Å². The molecule has 0 spiro atoms. The van der Waals surface area contributed by atoms with Crippen LogP contribution in [0.3, 0.4) is 0 Å². The molecule has 5 heterocycles. The molecule has 4 saturated heterocycles. The fourth-order valence-corrected chi connectivity index (χ4v) is 4.40. The molecule has 4 fully saturated rings. The molecule has 1 aromatic heterocycles. The molecule has 122 valence electrons. The van der Waals surface area contributed by atoms with E-state index in [0.29, 0.717) is 11.5 Å². The lowest BCUT2D eigenvalue weighted by Gasteiger charge is -2.50. The molecular formula is C17H23N5O. The zero-order valence-electron chi connectivity index (χ0n) is 13.5. The lowest BCUT2D eigenvalue weighted by molar-refractivity contribution is 0.0943. The Morgan fingerprint density at radius 3 is 2.57 bits per heavy atom. The first kappa shape index (κ1) is 14.8. The van der Waals surface area contributed by atoms with E-state index in [1.807, 2.05) is 0 Å². The van der Waals surface area contributed by atoms with Gasteiger partial charge in [-0.2, -0.15) is 5.10 Å². The summed E-state index contributed by atoms with van der Waals surface area (Å²) in [5, 5.41) is 4.63. The number of carbonyl (C=O) groups is 1. The van der Waals surface area contributed by atoms with Gasteiger partial charge in [-0.3, -0.25) is 9.78 Å². The molecule has 5 rings (SSSR count). The third-order valence-electron chi connectivity index (χ3n) is 5.57. The van der Waals surface area contributed by atoms with Gasteiger partial charge in [-0.15, -0.1) is 0 Å². The number of nitrogens with one attached hydrogen (secondary N) is 1. The van der Waals surface area contributed by atoms with E-state index in [1.54, 1.807) is 24.5 Å². The molecule has 0 aliphatic carbocycles. The third kappa shape index (κ3) is 2.56. The summed E-state index contributed by atoms with van der Waals surface area (Å²) >= 11 is 0. The van der Waals surface area contributed by atoms with E-state index in [2.05, 4.69) is 32.2 Å². The van der Waals surface area contributed by atoms with Gasteiger partial charge in [-0.05, 0) is 18.6 Å². The van der Waals surface area contributed by atoms with E-state index in [-0.39, 0.29) is 11.3 Å². The zero-order chi connectivity index (χ0) is 15.9. The highest BCUT2D eigenvalue weighted by atomic mass is 16.2. The van der Waals surface area contributed by atoms with E-state index >= 15 is 0 Å². The summed E-state index contributed by atoms with van der Waals surface area (Å²) in [5.41, 5.74) is 4.70. The maximum absolute atomic E-state index is 12.3. The van der Waals surface area contributed by atoms with Crippen LogP contribution in [0, 0.1) is 11.3 Å². The predicted octanol–water partition coefficient (Wildman–Crippen LogP) is 0.825. The van der Waals surface area contributed by atoms with Gasteiger partial charge in [-0.25, -0.2) is 5.43 Å². The largest absolute Gasteiger partial charge is 0.300 e. The Labute approximate surface area is 136 Å². The van der Waals surface area contributed by atoms with Crippen molar-refractivity contribution >= 4 is 11.6 Å². The van der Waals surface area contributed by atoms with Crippen molar-refractivity contribution in [2.45, 2.75) is 13.3 Å². The van der Waals surface area contributed by atoms with Crippen LogP contribution in [0.15, 0.2) is 29.6 Å². The summed E-state index contributed by atoms with van der Waals surface area (Å²) in [4.78, 5) is 21.4. The highest BCUT2D eigenvalue weighted by molar-refractivity contribution is 5.98. The Bertz CT molecular complexity index is 613. The smallest absolute Gasteiger partial charge is 0.271 e. The normalized spacial score (nSPS) is 36.9. The Morgan fingerprint density at radius 1 is 1.30 bits per heavy atom. The molecule has 2 unspecified atom stereocenters. The van der Waals surface area contributed by atoms with Gasteiger partial charge in [-0.1, -0.05) is 6.92 Å². The van der Waals surface area contributed by atoms with Gasteiger partial charge in [0.05, 0.1) is 5.71 Å². The maximum atomic E-state index is 12.3. The topological polar surface area (TPSA) is 60.8 Å². The number of carbonyl (C=O) groups excluding carboxylic acids is 1. The van der Waals surface area contributed by atoms with Gasteiger partial charge in [0.15, 0.2) is 0 Å². The third-order valence-corrected chi connectivity index (χ3v) is 5.57. The maximum Gasteiger partial charge on any atom is 0.271 e. The van der Waals surface area contributed by atoms with E-state index in [0.717, 1.165) is 45.7 Å². The first-order valence-corrected chi connectivity index (χ1v) is 8.43. The van der Waals surface area contributed by atoms with Gasteiger partial charge >= 0.3 is 0 Å². The standard InChI is InChI=1S/C17H23N5O/c1-2-17-11-21-7-8-22(12-17)10-14(9-21)15(17)19-20-16(23)13-3-5-18-6-4-13/h3-6,14H,2,7-12H2,1H3,(H,20,23)/b19-15-. The molecule has 4 aliphatic heterocycles. The molecule has 2 atom stereocenters. The fraction of sp³-hybridized carbons (Fsp3) is 0.588. The monoisotopic (exact) mass is 313 g/mol. The molecule has 1 N–H and O–H groups in total. The van der Waals surface area contributed by atoms with Crippen molar-refractivity contribution in [1.29, 1.82) is 0 Å². The number of hydrazone groups is 1. The second kappa shape index (κ2) is 5.69.